The van der Waals surface area contributed by atoms with E-state index in [-0.39, 0.29) is 5.91 Å². The zero-order chi connectivity index (χ0) is 20.6. The number of piperazine rings is 1. The molecule has 1 aliphatic rings. The first-order chi connectivity index (χ1) is 14.1. The molecule has 0 unspecified atom stereocenters. The quantitative estimate of drug-likeness (QED) is 0.746. The molecule has 0 atom stereocenters. The van der Waals surface area contributed by atoms with E-state index in [4.69, 9.17) is 4.74 Å². The van der Waals surface area contributed by atoms with E-state index in [1.165, 1.54) is 22.4 Å². The zero-order valence-corrected chi connectivity index (χ0v) is 17.9. The van der Waals surface area contributed by atoms with Gasteiger partial charge in [0.1, 0.15) is 5.75 Å². The number of nitrogens with zero attached hydrogens (tertiary/aromatic N) is 2. The van der Waals surface area contributed by atoms with Crippen molar-refractivity contribution in [3.8, 4) is 5.75 Å². The molecule has 1 heterocycles. The number of rotatable bonds is 8. The summed E-state index contributed by atoms with van der Waals surface area (Å²) in [5.41, 5.74) is 5.24. The van der Waals surface area contributed by atoms with E-state index in [1.807, 2.05) is 18.2 Å². The Morgan fingerprint density at radius 3 is 2.59 bits per heavy atom. The monoisotopic (exact) mass is 395 g/mol. The molecule has 3 rings (SSSR count). The van der Waals surface area contributed by atoms with Crippen molar-refractivity contribution in [2.24, 2.45) is 0 Å². The number of carbonyl (C=O) groups is 1. The van der Waals surface area contributed by atoms with Crippen molar-refractivity contribution in [3.05, 3.63) is 59.2 Å². The van der Waals surface area contributed by atoms with Crippen molar-refractivity contribution in [2.45, 2.75) is 26.7 Å². The summed E-state index contributed by atoms with van der Waals surface area (Å²) in [6, 6.07) is 14.5. The first-order valence-corrected chi connectivity index (χ1v) is 10.5. The van der Waals surface area contributed by atoms with Gasteiger partial charge in [-0.3, -0.25) is 9.69 Å². The molecular weight excluding hydrogens is 362 g/mol. The number of hydrogen-bond donors (Lipinski definition) is 1. The lowest BCUT2D eigenvalue weighted by atomic mass is 10.1. The van der Waals surface area contributed by atoms with Crippen molar-refractivity contribution in [1.82, 2.24) is 10.2 Å². The minimum atomic E-state index is 0.129. The van der Waals surface area contributed by atoms with Gasteiger partial charge in [-0.15, -0.1) is 0 Å². The number of anilines is 1. The van der Waals surface area contributed by atoms with Crippen LogP contribution in [-0.4, -0.2) is 57.2 Å². The van der Waals surface area contributed by atoms with Gasteiger partial charge in [0.05, 0.1) is 7.11 Å². The molecule has 2 aromatic rings. The highest BCUT2D eigenvalue weighted by Crippen LogP contribution is 2.23. The van der Waals surface area contributed by atoms with Gasteiger partial charge in [-0.25, -0.2) is 0 Å². The molecule has 0 aromatic heterocycles. The second-order valence-electron chi connectivity index (χ2n) is 7.75. The topological polar surface area (TPSA) is 44.8 Å². The highest BCUT2D eigenvalue weighted by Gasteiger charge is 2.19. The summed E-state index contributed by atoms with van der Waals surface area (Å²) in [7, 11) is 1.67. The van der Waals surface area contributed by atoms with Crippen LogP contribution in [0, 0.1) is 13.8 Å². The van der Waals surface area contributed by atoms with Gasteiger partial charge in [-0.05, 0) is 55.2 Å². The molecule has 0 spiro atoms. The lowest BCUT2D eigenvalue weighted by Gasteiger charge is -2.37. The van der Waals surface area contributed by atoms with Crippen LogP contribution in [0.5, 0.6) is 5.75 Å². The maximum Gasteiger partial charge on any atom is 0.221 e. The number of hydrogen-bond acceptors (Lipinski definition) is 4. The minimum absolute atomic E-state index is 0.129. The van der Waals surface area contributed by atoms with E-state index < -0.39 is 0 Å². The number of ether oxygens (including phenoxy) is 1. The Labute approximate surface area is 174 Å². The third-order valence-electron chi connectivity index (χ3n) is 5.81. The van der Waals surface area contributed by atoms with Gasteiger partial charge in [0.15, 0.2) is 0 Å². The lowest BCUT2D eigenvalue weighted by molar-refractivity contribution is -0.121. The van der Waals surface area contributed by atoms with Crippen molar-refractivity contribution in [3.63, 3.8) is 0 Å². The molecule has 156 valence electrons. The van der Waals surface area contributed by atoms with Crippen molar-refractivity contribution < 1.29 is 9.53 Å². The van der Waals surface area contributed by atoms with Crippen LogP contribution in [0.15, 0.2) is 42.5 Å². The minimum Gasteiger partial charge on any atom is -0.497 e. The van der Waals surface area contributed by atoms with Crippen LogP contribution in [-0.2, 0) is 11.2 Å². The average molecular weight is 396 g/mol. The average Bonchev–Trinajstić information content (AvgIpc) is 2.75. The van der Waals surface area contributed by atoms with Gasteiger partial charge in [-0.1, -0.05) is 24.3 Å². The lowest BCUT2D eigenvalue weighted by Crippen LogP contribution is -2.47. The molecule has 5 heteroatoms. The van der Waals surface area contributed by atoms with Gasteiger partial charge in [-0.2, -0.15) is 0 Å². The van der Waals surface area contributed by atoms with Crippen molar-refractivity contribution in [1.29, 1.82) is 0 Å². The molecule has 0 saturated carbocycles. The second-order valence-corrected chi connectivity index (χ2v) is 7.75. The molecular formula is C24H33N3O2. The van der Waals surface area contributed by atoms with E-state index in [2.05, 4.69) is 53.2 Å². The van der Waals surface area contributed by atoms with Gasteiger partial charge >= 0.3 is 0 Å². The first-order valence-electron chi connectivity index (χ1n) is 10.5. The van der Waals surface area contributed by atoms with E-state index in [0.717, 1.165) is 44.9 Å². The number of benzene rings is 2. The third-order valence-corrected chi connectivity index (χ3v) is 5.81. The number of nitrogens with one attached hydrogen (secondary N) is 1. The van der Waals surface area contributed by atoms with E-state index in [0.29, 0.717) is 13.0 Å². The second kappa shape index (κ2) is 10.3. The maximum atomic E-state index is 12.2. The molecule has 29 heavy (non-hydrogen) atoms. The summed E-state index contributed by atoms with van der Waals surface area (Å²) in [5, 5.41) is 3.04. The Bertz CT molecular complexity index is 814. The molecule has 1 N–H and O–H groups in total. The fourth-order valence-corrected chi connectivity index (χ4v) is 3.81. The van der Waals surface area contributed by atoms with Crippen LogP contribution in [0.4, 0.5) is 5.69 Å². The molecule has 1 aliphatic heterocycles. The Hall–Kier alpha value is -2.53. The molecule has 1 amide bonds. The predicted molar refractivity (Wildman–Crippen MR) is 119 cm³/mol. The standard InChI is InChI=1S/C24H33N3O2/c1-19-6-4-9-23(20(19)2)27-16-14-26(15-17-27)13-11-24(28)25-12-10-21-7-5-8-22(18-21)29-3/h4-9,18H,10-17H2,1-3H3,(H,25,28). The van der Waals surface area contributed by atoms with Gasteiger partial charge in [0.25, 0.3) is 0 Å². The zero-order valence-electron chi connectivity index (χ0n) is 17.9. The van der Waals surface area contributed by atoms with Crippen LogP contribution in [0.2, 0.25) is 0 Å². The number of amides is 1. The first kappa shape index (κ1) is 21.2. The number of aryl methyl sites for hydroxylation is 1. The predicted octanol–water partition coefficient (Wildman–Crippen LogP) is 3.18. The summed E-state index contributed by atoms with van der Waals surface area (Å²) in [5.74, 6) is 0.985. The molecule has 2 aromatic carbocycles. The third kappa shape index (κ3) is 5.97. The summed E-state index contributed by atoms with van der Waals surface area (Å²) in [6.07, 6.45) is 1.37. The number of carbonyl (C=O) groups excluding carboxylic acids is 1. The van der Waals surface area contributed by atoms with Crippen LogP contribution < -0.4 is 15.0 Å². The largest absolute Gasteiger partial charge is 0.497 e. The van der Waals surface area contributed by atoms with E-state index in [9.17, 15) is 4.79 Å². The molecule has 1 fully saturated rings. The molecule has 0 bridgehead atoms. The van der Waals surface area contributed by atoms with Gasteiger partial charge in [0.2, 0.25) is 5.91 Å². The molecule has 5 nitrogen and oxygen atoms in total. The fourth-order valence-electron chi connectivity index (χ4n) is 3.81. The van der Waals surface area contributed by atoms with Crippen LogP contribution in [0.1, 0.15) is 23.1 Å². The normalized spacial score (nSPS) is 14.7. The van der Waals surface area contributed by atoms with Crippen molar-refractivity contribution in [2.75, 3.05) is 51.3 Å². The summed E-state index contributed by atoms with van der Waals surface area (Å²) in [4.78, 5) is 17.1. The Kier molecular flexibility index (Phi) is 7.53. The molecule has 1 saturated heterocycles. The Morgan fingerprint density at radius 1 is 1.07 bits per heavy atom. The van der Waals surface area contributed by atoms with Crippen LogP contribution in [0.25, 0.3) is 0 Å². The van der Waals surface area contributed by atoms with E-state index >= 15 is 0 Å². The van der Waals surface area contributed by atoms with E-state index in [1.54, 1.807) is 7.11 Å². The summed E-state index contributed by atoms with van der Waals surface area (Å²) in [6.45, 7) is 9.89. The Balaban J connectivity index is 1.35. The molecule has 0 radical (unpaired) electrons. The maximum absolute atomic E-state index is 12.2. The van der Waals surface area contributed by atoms with Crippen molar-refractivity contribution >= 4 is 11.6 Å². The fraction of sp³-hybridized carbons (Fsp3) is 0.458. The SMILES string of the molecule is COc1cccc(CCNC(=O)CCN2CCN(c3cccc(C)c3C)CC2)c1. The number of methoxy groups -OCH3 is 1. The van der Waals surface area contributed by atoms with Crippen LogP contribution in [0.3, 0.4) is 0 Å². The highest BCUT2D eigenvalue weighted by molar-refractivity contribution is 5.76. The van der Waals surface area contributed by atoms with Crippen LogP contribution >= 0.6 is 0 Å². The van der Waals surface area contributed by atoms with Gasteiger partial charge < -0.3 is 15.0 Å². The Morgan fingerprint density at radius 2 is 1.83 bits per heavy atom. The smallest absolute Gasteiger partial charge is 0.221 e. The van der Waals surface area contributed by atoms with Gasteiger partial charge in [0, 0.05) is 51.4 Å². The summed E-state index contributed by atoms with van der Waals surface area (Å²) < 4.78 is 5.24. The summed E-state index contributed by atoms with van der Waals surface area (Å²) >= 11 is 0. The molecule has 0 aliphatic carbocycles. The highest BCUT2D eigenvalue weighted by atomic mass is 16.5.